The van der Waals surface area contributed by atoms with Crippen molar-refractivity contribution in [1.82, 2.24) is 19.6 Å². The maximum atomic E-state index is 12.9. The SMILES string of the molecule is FC1(F)CC(Oc2ccc(-c3cn4c(C(F)(F)F)nnc4cn3)cc2)C1. The summed E-state index contributed by atoms with van der Waals surface area (Å²) in [5, 5.41) is 6.59. The van der Waals surface area contributed by atoms with Gasteiger partial charge in [0.25, 0.3) is 5.92 Å². The molecule has 10 heteroatoms. The van der Waals surface area contributed by atoms with Gasteiger partial charge in [0.05, 0.1) is 11.9 Å². The van der Waals surface area contributed by atoms with Gasteiger partial charge in [-0.05, 0) is 24.3 Å². The second kappa shape index (κ2) is 5.61. The maximum Gasteiger partial charge on any atom is 0.452 e. The van der Waals surface area contributed by atoms with Crippen molar-refractivity contribution in [2.75, 3.05) is 0 Å². The Morgan fingerprint density at radius 3 is 2.38 bits per heavy atom. The van der Waals surface area contributed by atoms with E-state index in [-0.39, 0.29) is 24.2 Å². The summed E-state index contributed by atoms with van der Waals surface area (Å²) in [7, 11) is 0. The second-order valence-electron chi connectivity index (χ2n) is 6.05. The Labute approximate surface area is 143 Å². The molecule has 1 aromatic carbocycles. The van der Waals surface area contributed by atoms with E-state index in [1.54, 1.807) is 24.3 Å². The molecule has 4 rings (SSSR count). The zero-order valence-electron chi connectivity index (χ0n) is 13.0. The van der Waals surface area contributed by atoms with Crippen molar-refractivity contribution in [3.05, 3.63) is 42.5 Å². The van der Waals surface area contributed by atoms with E-state index < -0.39 is 24.0 Å². The molecule has 0 spiro atoms. The number of alkyl halides is 5. The van der Waals surface area contributed by atoms with Gasteiger partial charge in [-0.1, -0.05) is 0 Å². The smallest absolute Gasteiger partial charge is 0.452 e. The highest BCUT2D eigenvalue weighted by molar-refractivity contribution is 5.60. The summed E-state index contributed by atoms with van der Waals surface area (Å²) >= 11 is 0. The lowest BCUT2D eigenvalue weighted by Crippen LogP contribution is -2.43. The minimum Gasteiger partial charge on any atom is -0.490 e. The fourth-order valence-electron chi connectivity index (χ4n) is 2.73. The molecule has 3 aromatic rings. The first kappa shape index (κ1) is 16.7. The van der Waals surface area contributed by atoms with Crippen LogP contribution in [0.4, 0.5) is 22.0 Å². The topological polar surface area (TPSA) is 52.3 Å². The lowest BCUT2D eigenvalue weighted by atomic mass is 9.91. The van der Waals surface area contributed by atoms with E-state index in [2.05, 4.69) is 15.2 Å². The predicted octanol–water partition coefficient (Wildman–Crippen LogP) is 3.99. The number of halogens is 5. The number of benzene rings is 1. The van der Waals surface area contributed by atoms with Crippen molar-refractivity contribution >= 4 is 5.65 Å². The zero-order valence-corrected chi connectivity index (χ0v) is 13.0. The van der Waals surface area contributed by atoms with Crippen molar-refractivity contribution in [2.45, 2.75) is 31.0 Å². The molecule has 0 unspecified atom stereocenters. The van der Waals surface area contributed by atoms with Gasteiger partial charge >= 0.3 is 6.18 Å². The first-order chi connectivity index (χ1) is 12.2. The van der Waals surface area contributed by atoms with E-state index in [0.29, 0.717) is 11.3 Å². The molecule has 5 nitrogen and oxygen atoms in total. The van der Waals surface area contributed by atoms with E-state index in [1.165, 1.54) is 12.4 Å². The highest BCUT2D eigenvalue weighted by Gasteiger charge is 2.47. The highest BCUT2D eigenvalue weighted by atomic mass is 19.4. The lowest BCUT2D eigenvalue weighted by molar-refractivity contribution is -0.145. The fourth-order valence-corrected chi connectivity index (χ4v) is 2.73. The number of aromatic nitrogens is 4. The fraction of sp³-hybridized carbons (Fsp3) is 0.312. The second-order valence-corrected chi connectivity index (χ2v) is 6.05. The van der Waals surface area contributed by atoms with Gasteiger partial charge in [0, 0.05) is 24.6 Å². The van der Waals surface area contributed by atoms with Crippen LogP contribution in [0, 0.1) is 0 Å². The molecule has 0 N–H and O–H groups in total. The number of nitrogens with zero attached hydrogens (tertiary/aromatic N) is 4. The molecule has 1 fully saturated rings. The molecule has 0 atom stereocenters. The third-order valence-corrected chi connectivity index (χ3v) is 4.05. The zero-order chi connectivity index (χ0) is 18.5. The molecule has 0 aliphatic heterocycles. The third-order valence-electron chi connectivity index (χ3n) is 4.05. The van der Waals surface area contributed by atoms with Crippen LogP contribution < -0.4 is 4.74 Å². The van der Waals surface area contributed by atoms with Crippen LogP contribution in [-0.4, -0.2) is 31.6 Å². The summed E-state index contributed by atoms with van der Waals surface area (Å²) in [6.45, 7) is 0. The minimum absolute atomic E-state index is 0.0214. The molecule has 0 saturated heterocycles. The summed E-state index contributed by atoms with van der Waals surface area (Å²) in [5.74, 6) is -3.39. The van der Waals surface area contributed by atoms with E-state index in [0.717, 1.165) is 4.40 Å². The van der Waals surface area contributed by atoms with Gasteiger partial charge in [-0.25, -0.2) is 8.78 Å². The van der Waals surface area contributed by atoms with Crippen LogP contribution >= 0.6 is 0 Å². The number of rotatable bonds is 3. The Hall–Kier alpha value is -2.78. The number of hydrogen-bond acceptors (Lipinski definition) is 4. The molecule has 1 saturated carbocycles. The van der Waals surface area contributed by atoms with Gasteiger partial charge in [0.2, 0.25) is 5.82 Å². The van der Waals surface area contributed by atoms with Gasteiger partial charge in [-0.2, -0.15) is 13.2 Å². The molecule has 2 aromatic heterocycles. The van der Waals surface area contributed by atoms with Crippen LogP contribution in [0.2, 0.25) is 0 Å². The van der Waals surface area contributed by atoms with Gasteiger partial charge in [-0.3, -0.25) is 9.38 Å². The van der Waals surface area contributed by atoms with E-state index >= 15 is 0 Å². The summed E-state index contributed by atoms with van der Waals surface area (Å²) in [5.41, 5.74) is 0.802. The molecule has 26 heavy (non-hydrogen) atoms. The molecule has 0 amide bonds. The van der Waals surface area contributed by atoms with Crippen LogP contribution in [0.25, 0.3) is 16.9 Å². The summed E-state index contributed by atoms with van der Waals surface area (Å²) < 4.78 is 70.7. The van der Waals surface area contributed by atoms with Gasteiger partial charge < -0.3 is 4.74 Å². The Kier molecular flexibility index (Phi) is 3.60. The van der Waals surface area contributed by atoms with Gasteiger partial charge in [-0.15, -0.1) is 10.2 Å². The van der Waals surface area contributed by atoms with Gasteiger partial charge in [0.1, 0.15) is 11.9 Å². The molecule has 0 bridgehead atoms. The van der Waals surface area contributed by atoms with Crippen molar-refractivity contribution < 1.29 is 26.7 Å². The summed E-state index contributed by atoms with van der Waals surface area (Å²) in [4.78, 5) is 4.08. The third kappa shape index (κ3) is 3.06. The van der Waals surface area contributed by atoms with Crippen molar-refractivity contribution in [1.29, 1.82) is 0 Å². The molecule has 2 heterocycles. The standard InChI is InChI=1S/C16H11F5N4O/c17-15(18)5-11(6-15)26-10-3-1-9(2-4-10)12-8-25-13(7-22-12)23-24-14(25)16(19,20)21/h1-4,7-8,11H,5-6H2. The van der Waals surface area contributed by atoms with Crippen LogP contribution in [0.15, 0.2) is 36.7 Å². The van der Waals surface area contributed by atoms with Crippen LogP contribution in [0.3, 0.4) is 0 Å². The molecular weight excluding hydrogens is 359 g/mol. The summed E-state index contributed by atoms with van der Waals surface area (Å²) in [6.07, 6.45) is -3.42. The maximum absolute atomic E-state index is 12.9. The van der Waals surface area contributed by atoms with Gasteiger partial charge in [0.15, 0.2) is 5.65 Å². The number of hydrogen-bond donors (Lipinski definition) is 0. The van der Waals surface area contributed by atoms with Crippen LogP contribution in [-0.2, 0) is 6.18 Å². The lowest BCUT2D eigenvalue weighted by Gasteiger charge is -2.34. The first-order valence-corrected chi connectivity index (χ1v) is 7.64. The average Bonchev–Trinajstić information content (AvgIpc) is 2.97. The Morgan fingerprint density at radius 2 is 1.77 bits per heavy atom. The quantitative estimate of drug-likeness (QED) is 0.655. The van der Waals surface area contributed by atoms with Crippen LogP contribution in [0.5, 0.6) is 5.75 Å². The normalized spacial score (nSPS) is 17.3. The summed E-state index contributed by atoms with van der Waals surface area (Å²) in [6, 6.07) is 6.32. The molecule has 1 aliphatic carbocycles. The molecule has 0 radical (unpaired) electrons. The molecule has 1 aliphatic rings. The van der Waals surface area contributed by atoms with E-state index in [4.69, 9.17) is 4.74 Å². The Morgan fingerprint density at radius 1 is 1.08 bits per heavy atom. The first-order valence-electron chi connectivity index (χ1n) is 7.64. The predicted molar refractivity (Wildman–Crippen MR) is 79.8 cm³/mol. The minimum atomic E-state index is -4.64. The number of ether oxygens (including phenoxy) is 1. The van der Waals surface area contributed by atoms with Crippen molar-refractivity contribution in [3.63, 3.8) is 0 Å². The van der Waals surface area contributed by atoms with Crippen molar-refractivity contribution in [2.24, 2.45) is 0 Å². The van der Waals surface area contributed by atoms with E-state index in [1.807, 2.05) is 0 Å². The average molecular weight is 370 g/mol. The largest absolute Gasteiger partial charge is 0.490 e. The van der Waals surface area contributed by atoms with E-state index in [9.17, 15) is 22.0 Å². The Bertz CT molecular complexity index is 943. The highest BCUT2D eigenvalue weighted by Crippen LogP contribution is 2.39. The monoisotopic (exact) mass is 370 g/mol. The molecular formula is C16H11F5N4O. The van der Waals surface area contributed by atoms with Crippen LogP contribution in [0.1, 0.15) is 18.7 Å². The number of fused-ring (bicyclic) bond motifs is 1. The van der Waals surface area contributed by atoms with Crippen molar-refractivity contribution in [3.8, 4) is 17.0 Å². The Balaban J connectivity index is 1.57. The molecule has 136 valence electrons.